The molecule has 2 atom stereocenters. The molecule has 0 N–H and O–H groups in total. The Kier molecular flexibility index (Phi) is 7.74. The van der Waals surface area contributed by atoms with Gasteiger partial charge in [0.25, 0.3) is 6.71 Å². The van der Waals surface area contributed by atoms with Gasteiger partial charge in [-0.2, -0.15) is 0 Å². The summed E-state index contributed by atoms with van der Waals surface area (Å²) in [6.07, 6.45) is 4.95. The SMILES string of the molecule is Cc1c(C)n2c3c(cc(C(C)(C)C)cc13)B1c3cccc4c3N(c3cc(N(c5ccc(C(C)(C)C)cc5)c5ccc(C(C)(C)C)cc5)cc-2c31)C1(C)CCCCC41C. The molecule has 4 aliphatic rings. The van der Waals surface area contributed by atoms with E-state index in [1.54, 1.807) is 5.56 Å². The quantitative estimate of drug-likeness (QED) is 0.166. The maximum atomic E-state index is 2.88. The van der Waals surface area contributed by atoms with Crippen LogP contribution in [0.4, 0.5) is 28.4 Å². The maximum Gasteiger partial charge on any atom is 0.252 e. The van der Waals surface area contributed by atoms with Gasteiger partial charge >= 0.3 is 0 Å². The molecule has 2 unspecified atom stereocenters. The molecular weight excluding hydrogens is 701 g/mol. The lowest BCUT2D eigenvalue weighted by Crippen LogP contribution is -2.64. The van der Waals surface area contributed by atoms with Crippen LogP contribution in [0.1, 0.15) is 135 Å². The number of nitrogens with zero attached hydrogens (tertiary/aromatic N) is 3. The molecule has 3 nitrogen and oxygen atoms in total. The molecule has 1 aromatic heterocycles. The summed E-state index contributed by atoms with van der Waals surface area (Å²) in [5.74, 6) is 0. The van der Waals surface area contributed by atoms with Gasteiger partial charge in [-0.3, -0.25) is 0 Å². The van der Waals surface area contributed by atoms with Crippen molar-refractivity contribution in [3.8, 4) is 5.69 Å². The Bertz CT molecular complexity index is 2620. The Hall–Kier alpha value is -4.70. The molecule has 5 aromatic carbocycles. The van der Waals surface area contributed by atoms with Crippen LogP contribution in [0, 0.1) is 13.8 Å². The fraction of sp³-hybridized carbons (Fsp3) is 0.407. The minimum absolute atomic E-state index is 0.0287. The summed E-state index contributed by atoms with van der Waals surface area (Å²) in [6.45, 7) is 31.0. The molecule has 1 fully saturated rings. The number of aryl methyl sites for hydroxylation is 1. The van der Waals surface area contributed by atoms with Gasteiger partial charge in [0, 0.05) is 50.4 Å². The molecule has 6 aromatic rings. The Labute approximate surface area is 348 Å². The maximum absolute atomic E-state index is 2.88. The summed E-state index contributed by atoms with van der Waals surface area (Å²) >= 11 is 0. The third-order valence-corrected chi connectivity index (χ3v) is 15.4. The molecule has 0 saturated heterocycles. The van der Waals surface area contributed by atoms with Gasteiger partial charge in [0.05, 0.1) is 11.2 Å². The Morgan fingerprint density at radius 2 is 1.17 bits per heavy atom. The van der Waals surface area contributed by atoms with Gasteiger partial charge in [0.1, 0.15) is 0 Å². The second-order valence-corrected chi connectivity index (χ2v) is 21.9. The van der Waals surface area contributed by atoms with Gasteiger partial charge in [0.15, 0.2) is 0 Å². The molecular formula is C54H62BN3. The van der Waals surface area contributed by atoms with Gasteiger partial charge in [0.2, 0.25) is 0 Å². The number of hydrogen-bond acceptors (Lipinski definition) is 2. The van der Waals surface area contributed by atoms with E-state index in [-0.39, 0.29) is 33.9 Å². The highest BCUT2D eigenvalue weighted by Gasteiger charge is 2.61. The third kappa shape index (κ3) is 4.99. The van der Waals surface area contributed by atoms with Crippen LogP contribution in [-0.4, -0.2) is 16.8 Å². The van der Waals surface area contributed by atoms with Gasteiger partial charge < -0.3 is 14.4 Å². The smallest absolute Gasteiger partial charge is 0.252 e. The first-order valence-electron chi connectivity index (χ1n) is 22.0. The predicted molar refractivity (Wildman–Crippen MR) is 251 cm³/mol. The van der Waals surface area contributed by atoms with Gasteiger partial charge in [-0.25, -0.2) is 0 Å². The number of anilines is 5. The minimum Gasteiger partial charge on any atom is -0.335 e. The third-order valence-electron chi connectivity index (χ3n) is 15.4. The predicted octanol–water partition coefficient (Wildman–Crippen LogP) is 12.5. The Morgan fingerprint density at radius 3 is 1.76 bits per heavy atom. The van der Waals surface area contributed by atoms with E-state index < -0.39 is 0 Å². The van der Waals surface area contributed by atoms with Crippen molar-refractivity contribution in [2.24, 2.45) is 0 Å². The van der Waals surface area contributed by atoms with Crippen LogP contribution in [0.2, 0.25) is 0 Å². The van der Waals surface area contributed by atoms with E-state index in [4.69, 9.17) is 0 Å². The molecule has 0 amide bonds. The van der Waals surface area contributed by atoms with E-state index >= 15 is 0 Å². The summed E-state index contributed by atoms with van der Waals surface area (Å²) in [5.41, 5.74) is 22.2. The Balaban J connectivity index is 1.32. The zero-order chi connectivity index (χ0) is 41.1. The van der Waals surface area contributed by atoms with Gasteiger partial charge in [-0.05, 0) is 137 Å². The molecule has 10 rings (SSSR count). The second kappa shape index (κ2) is 12.0. The first-order chi connectivity index (χ1) is 27.2. The summed E-state index contributed by atoms with van der Waals surface area (Å²) in [7, 11) is 0. The average molecular weight is 764 g/mol. The Morgan fingerprint density at radius 1 is 0.603 bits per heavy atom. The molecule has 0 bridgehead atoms. The number of rotatable bonds is 3. The van der Waals surface area contributed by atoms with Crippen molar-refractivity contribution in [1.29, 1.82) is 0 Å². The van der Waals surface area contributed by atoms with Crippen molar-refractivity contribution >= 4 is 62.4 Å². The monoisotopic (exact) mass is 764 g/mol. The van der Waals surface area contributed by atoms with E-state index in [2.05, 4.69) is 195 Å². The average Bonchev–Trinajstić information content (AvgIpc) is 3.55. The van der Waals surface area contributed by atoms with Crippen LogP contribution in [0.25, 0.3) is 16.6 Å². The highest BCUT2D eigenvalue weighted by Crippen LogP contribution is 2.61. The second-order valence-electron chi connectivity index (χ2n) is 21.9. The van der Waals surface area contributed by atoms with Crippen LogP contribution in [-0.2, 0) is 21.7 Å². The first kappa shape index (κ1) is 37.6. The van der Waals surface area contributed by atoms with Crippen molar-refractivity contribution in [3.63, 3.8) is 0 Å². The number of aromatic nitrogens is 1. The molecule has 296 valence electrons. The normalized spacial score (nSPS) is 20.6. The van der Waals surface area contributed by atoms with Crippen molar-refractivity contribution in [2.45, 2.75) is 143 Å². The fourth-order valence-corrected chi connectivity index (χ4v) is 11.6. The standard InChI is InChI=1S/C54H62BN3/c1-33-34(2)56-45-31-40(57(38-23-19-35(20-24-38)50(3,4)5)39-25-21-36(22-26-39)51(6,7)8)32-46-47(45)55(44-30-37(52(9,10)11)29-41(33)48(44)56)43-18-16-17-42-49(43)58(46)54(13)28-15-14-27-53(42,54)12/h16-26,29-32H,14-15,27-28H2,1-13H3. The van der Waals surface area contributed by atoms with E-state index in [0.717, 1.165) is 0 Å². The number of benzene rings is 5. The summed E-state index contributed by atoms with van der Waals surface area (Å²) in [6, 6.07) is 36.3. The summed E-state index contributed by atoms with van der Waals surface area (Å²) < 4.78 is 2.65. The first-order valence-corrected chi connectivity index (χ1v) is 22.0. The highest BCUT2D eigenvalue weighted by molar-refractivity contribution is 7.00. The molecule has 1 saturated carbocycles. The lowest BCUT2D eigenvalue weighted by atomic mass is 9.33. The zero-order valence-corrected chi connectivity index (χ0v) is 37.4. The van der Waals surface area contributed by atoms with Gasteiger partial charge in [-0.1, -0.05) is 131 Å². The molecule has 4 heteroatoms. The molecule has 0 spiro atoms. The van der Waals surface area contributed by atoms with Crippen molar-refractivity contribution in [1.82, 2.24) is 4.57 Å². The van der Waals surface area contributed by atoms with Crippen LogP contribution in [0.15, 0.2) is 91.0 Å². The van der Waals surface area contributed by atoms with E-state index in [1.165, 1.54) is 115 Å². The van der Waals surface area contributed by atoms with Crippen molar-refractivity contribution in [3.05, 3.63) is 125 Å². The van der Waals surface area contributed by atoms with Crippen LogP contribution >= 0.6 is 0 Å². The van der Waals surface area contributed by atoms with E-state index in [1.807, 2.05) is 0 Å². The topological polar surface area (TPSA) is 11.4 Å². The van der Waals surface area contributed by atoms with Crippen LogP contribution < -0.4 is 26.2 Å². The van der Waals surface area contributed by atoms with Crippen LogP contribution in [0.3, 0.4) is 0 Å². The largest absolute Gasteiger partial charge is 0.335 e. The zero-order valence-electron chi connectivity index (χ0n) is 37.4. The summed E-state index contributed by atoms with van der Waals surface area (Å²) in [5, 5.41) is 1.40. The van der Waals surface area contributed by atoms with Crippen molar-refractivity contribution < 1.29 is 0 Å². The van der Waals surface area contributed by atoms with E-state index in [0.29, 0.717) is 0 Å². The lowest BCUT2D eigenvalue weighted by Gasteiger charge is -2.52. The highest BCUT2D eigenvalue weighted by atomic mass is 15.3. The summed E-state index contributed by atoms with van der Waals surface area (Å²) in [4.78, 5) is 5.41. The molecule has 58 heavy (non-hydrogen) atoms. The molecule has 3 aliphatic heterocycles. The number of fused-ring (bicyclic) bond motifs is 7. The van der Waals surface area contributed by atoms with Crippen molar-refractivity contribution in [2.75, 3.05) is 9.80 Å². The number of para-hydroxylation sites is 1. The fourth-order valence-electron chi connectivity index (χ4n) is 11.6. The minimum atomic E-state index is -0.0426. The lowest BCUT2D eigenvalue weighted by molar-refractivity contribution is 0.195. The molecule has 1 aliphatic carbocycles. The molecule has 4 heterocycles. The van der Waals surface area contributed by atoms with Crippen LogP contribution in [0.5, 0.6) is 0 Å². The number of hydrogen-bond donors (Lipinski definition) is 0. The van der Waals surface area contributed by atoms with Gasteiger partial charge in [-0.15, -0.1) is 0 Å². The molecule has 0 radical (unpaired) electrons. The van der Waals surface area contributed by atoms with E-state index in [9.17, 15) is 0 Å².